The molecule has 0 aliphatic rings. The van der Waals surface area contributed by atoms with Crippen LogP contribution in [0.2, 0.25) is 0 Å². The zero-order valence-electron chi connectivity index (χ0n) is 11.6. The maximum atomic E-state index is 5.83. The van der Waals surface area contributed by atoms with Gasteiger partial charge < -0.3 is 10.6 Å². The van der Waals surface area contributed by atoms with Crippen molar-refractivity contribution in [2.75, 3.05) is 11.9 Å². The number of benzene rings is 2. The Morgan fingerprint density at radius 1 is 1.20 bits per heavy atom. The van der Waals surface area contributed by atoms with Gasteiger partial charge in [-0.15, -0.1) is 0 Å². The Morgan fingerprint density at radius 2 is 1.85 bits per heavy atom. The molecule has 4 heteroatoms. The lowest BCUT2D eigenvalue weighted by Crippen LogP contribution is -2.17. The number of hydrogen-bond acceptors (Lipinski definition) is 2. The first-order valence-corrected chi connectivity index (χ1v) is 7.65. The van der Waals surface area contributed by atoms with E-state index >= 15 is 0 Å². The van der Waals surface area contributed by atoms with E-state index in [9.17, 15) is 0 Å². The van der Waals surface area contributed by atoms with Crippen LogP contribution in [-0.2, 0) is 6.42 Å². The van der Waals surface area contributed by atoms with Gasteiger partial charge >= 0.3 is 0 Å². The van der Waals surface area contributed by atoms with Gasteiger partial charge in [0.1, 0.15) is 4.99 Å². The molecule has 0 unspecified atom stereocenters. The highest BCUT2D eigenvalue weighted by atomic mass is 79.9. The Balaban J connectivity index is 2.41. The molecule has 0 aliphatic heterocycles. The SMILES string of the molecule is CCc1ccc(N(C)c2ccc(Br)cc2C(N)=S)cc1. The average Bonchev–Trinajstić information content (AvgIpc) is 2.46. The first kappa shape index (κ1) is 15.0. The Labute approximate surface area is 133 Å². The van der Waals surface area contributed by atoms with E-state index in [1.807, 2.05) is 25.2 Å². The molecule has 0 aromatic heterocycles. The zero-order chi connectivity index (χ0) is 14.7. The number of nitrogens with two attached hydrogens (primary N) is 1. The Morgan fingerprint density at radius 3 is 2.40 bits per heavy atom. The summed E-state index contributed by atoms with van der Waals surface area (Å²) in [5.74, 6) is 0. The summed E-state index contributed by atoms with van der Waals surface area (Å²) >= 11 is 8.60. The van der Waals surface area contributed by atoms with Crippen molar-refractivity contribution in [3.05, 3.63) is 58.1 Å². The summed E-state index contributed by atoms with van der Waals surface area (Å²) in [6, 6.07) is 14.5. The van der Waals surface area contributed by atoms with Crippen LogP contribution in [0.1, 0.15) is 18.1 Å². The molecule has 0 bridgehead atoms. The van der Waals surface area contributed by atoms with Crippen molar-refractivity contribution in [2.45, 2.75) is 13.3 Å². The molecule has 0 aliphatic carbocycles. The van der Waals surface area contributed by atoms with Crippen LogP contribution in [0.3, 0.4) is 0 Å². The van der Waals surface area contributed by atoms with Gasteiger partial charge in [0.25, 0.3) is 0 Å². The van der Waals surface area contributed by atoms with Crippen molar-refractivity contribution in [1.29, 1.82) is 0 Å². The molecular weight excluding hydrogens is 332 g/mol. The van der Waals surface area contributed by atoms with Crippen molar-refractivity contribution in [3.8, 4) is 0 Å². The fourth-order valence-electron chi connectivity index (χ4n) is 2.09. The molecule has 0 amide bonds. The lowest BCUT2D eigenvalue weighted by atomic mass is 10.1. The minimum Gasteiger partial charge on any atom is -0.389 e. The quantitative estimate of drug-likeness (QED) is 0.829. The molecule has 0 heterocycles. The summed E-state index contributed by atoms with van der Waals surface area (Å²) in [4.78, 5) is 2.50. The Hall–Kier alpha value is -1.39. The molecule has 0 atom stereocenters. The van der Waals surface area contributed by atoms with Gasteiger partial charge in [-0.3, -0.25) is 0 Å². The van der Waals surface area contributed by atoms with Gasteiger partial charge in [-0.05, 0) is 42.3 Å². The third-order valence-corrected chi connectivity index (χ3v) is 4.03. The highest BCUT2D eigenvalue weighted by Crippen LogP contribution is 2.29. The van der Waals surface area contributed by atoms with E-state index in [1.54, 1.807) is 0 Å². The van der Waals surface area contributed by atoms with Gasteiger partial charge in [0.2, 0.25) is 0 Å². The number of thiocarbonyl (C=S) groups is 1. The van der Waals surface area contributed by atoms with Crippen LogP contribution in [0.5, 0.6) is 0 Å². The standard InChI is InChI=1S/C16H17BrN2S/c1-3-11-4-7-13(8-5-11)19(2)15-9-6-12(17)10-14(15)16(18)20/h4-10H,3H2,1-2H3,(H2,18,20). The summed E-state index contributed by atoms with van der Waals surface area (Å²) in [7, 11) is 2.02. The number of anilines is 2. The van der Waals surface area contributed by atoms with Gasteiger partial charge in [-0.2, -0.15) is 0 Å². The topological polar surface area (TPSA) is 29.3 Å². The molecule has 2 nitrogen and oxygen atoms in total. The van der Waals surface area contributed by atoms with Crippen LogP contribution < -0.4 is 10.6 Å². The van der Waals surface area contributed by atoms with E-state index in [0.29, 0.717) is 4.99 Å². The van der Waals surface area contributed by atoms with E-state index in [0.717, 1.165) is 27.8 Å². The molecular formula is C16H17BrN2S. The fourth-order valence-corrected chi connectivity index (χ4v) is 2.62. The lowest BCUT2D eigenvalue weighted by molar-refractivity contribution is 1.13. The molecule has 2 N–H and O–H groups in total. The summed E-state index contributed by atoms with van der Waals surface area (Å²) in [5.41, 5.74) is 10.1. The number of nitrogens with zero attached hydrogens (tertiary/aromatic N) is 1. The van der Waals surface area contributed by atoms with Gasteiger partial charge in [0, 0.05) is 22.8 Å². The molecule has 0 fully saturated rings. The van der Waals surface area contributed by atoms with Gasteiger partial charge in [-0.25, -0.2) is 0 Å². The molecule has 2 aromatic carbocycles. The first-order valence-electron chi connectivity index (χ1n) is 6.45. The van der Waals surface area contributed by atoms with Crippen LogP contribution in [0, 0.1) is 0 Å². The second-order valence-corrected chi connectivity index (χ2v) is 5.96. The Bertz CT molecular complexity index is 623. The highest BCUT2D eigenvalue weighted by Gasteiger charge is 2.11. The van der Waals surface area contributed by atoms with E-state index in [-0.39, 0.29) is 0 Å². The summed E-state index contributed by atoms with van der Waals surface area (Å²) < 4.78 is 0.971. The van der Waals surface area contributed by atoms with Crippen molar-refractivity contribution >= 4 is 44.5 Å². The predicted molar refractivity (Wildman–Crippen MR) is 93.9 cm³/mol. The minimum absolute atomic E-state index is 0.401. The van der Waals surface area contributed by atoms with Crippen LogP contribution in [0.25, 0.3) is 0 Å². The van der Waals surface area contributed by atoms with Crippen LogP contribution in [0.4, 0.5) is 11.4 Å². The third-order valence-electron chi connectivity index (χ3n) is 3.32. The maximum absolute atomic E-state index is 5.83. The van der Waals surface area contributed by atoms with Crippen molar-refractivity contribution in [1.82, 2.24) is 0 Å². The third kappa shape index (κ3) is 3.19. The van der Waals surface area contributed by atoms with Crippen molar-refractivity contribution in [3.63, 3.8) is 0 Å². The first-order chi connectivity index (χ1) is 9.52. The number of halogens is 1. The summed E-state index contributed by atoms with van der Waals surface area (Å²) in [6.45, 7) is 2.15. The summed E-state index contributed by atoms with van der Waals surface area (Å²) in [5, 5.41) is 0. The number of hydrogen-bond donors (Lipinski definition) is 1. The Kier molecular flexibility index (Phi) is 4.78. The van der Waals surface area contributed by atoms with Crippen LogP contribution in [-0.4, -0.2) is 12.0 Å². The smallest absolute Gasteiger partial charge is 0.106 e. The normalized spacial score (nSPS) is 10.3. The second kappa shape index (κ2) is 6.37. The molecule has 2 rings (SSSR count). The van der Waals surface area contributed by atoms with Gasteiger partial charge in [0.15, 0.2) is 0 Å². The van der Waals surface area contributed by atoms with Crippen molar-refractivity contribution in [2.24, 2.45) is 5.73 Å². The van der Waals surface area contributed by atoms with Gasteiger partial charge in [-0.1, -0.05) is 47.2 Å². The summed E-state index contributed by atoms with van der Waals surface area (Å²) in [6.07, 6.45) is 1.04. The second-order valence-electron chi connectivity index (χ2n) is 4.60. The molecule has 104 valence electrons. The minimum atomic E-state index is 0.401. The fraction of sp³-hybridized carbons (Fsp3) is 0.188. The molecule has 0 saturated carbocycles. The average molecular weight is 349 g/mol. The largest absolute Gasteiger partial charge is 0.389 e. The van der Waals surface area contributed by atoms with Crippen LogP contribution in [0.15, 0.2) is 46.9 Å². The maximum Gasteiger partial charge on any atom is 0.106 e. The molecule has 2 aromatic rings. The van der Waals surface area contributed by atoms with E-state index in [2.05, 4.69) is 52.0 Å². The van der Waals surface area contributed by atoms with E-state index in [1.165, 1.54) is 5.56 Å². The molecule has 0 radical (unpaired) electrons. The predicted octanol–water partition coefficient (Wildman–Crippen LogP) is 4.41. The number of aryl methyl sites for hydroxylation is 1. The highest BCUT2D eigenvalue weighted by molar-refractivity contribution is 9.10. The number of rotatable bonds is 4. The van der Waals surface area contributed by atoms with Gasteiger partial charge in [0.05, 0.1) is 5.69 Å². The zero-order valence-corrected chi connectivity index (χ0v) is 14.0. The molecule has 20 heavy (non-hydrogen) atoms. The lowest BCUT2D eigenvalue weighted by Gasteiger charge is -2.22. The van der Waals surface area contributed by atoms with E-state index in [4.69, 9.17) is 18.0 Å². The molecule has 0 saturated heterocycles. The van der Waals surface area contributed by atoms with Crippen molar-refractivity contribution < 1.29 is 0 Å². The van der Waals surface area contributed by atoms with Crippen LogP contribution >= 0.6 is 28.1 Å². The molecule has 0 spiro atoms. The monoisotopic (exact) mass is 348 g/mol. The van der Waals surface area contributed by atoms with E-state index < -0.39 is 0 Å².